The molecule has 0 fully saturated rings. The van der Waals surface area contributed by atoms with E-state index in [4.69, 9.17) is 25.7 Å². The van der Waals surface area contributed by atoms with E-state index < -0.39 is 10.1 Å². The molecule has 6 nitrogen and oxygen atoms in total. The summed E-state index contributed by atoms with van der Waals surface area (Å²) in [4.78, 5) is 0.00205. The minimum atomic E-state index is -4.06. The van der Waals surface area contributed by atoms with Crippen LogP contribution >= 0.6 is 11.6 Å². The number of benzene rings is 2. The molecule has 0 spiro atoms. The van der Waals surface area contributed by atoms with Gasteiger partial charge in [-0.3, -0.25) is 0 Å². The average Bonchev–Trinajstić information content (AvgIpc) is 2.50. The molecule has 0 bridgehead atoms. The Balaban J connectivity index is 2.44. The number of ether oxygens (including phenoxy) is 1. The number of aryl methyl sites for hydroxylation is 1. The first-order valence-electron chi connectivity index (χ1n) is 6.43. The minimum Gasteiger partial charge on any atom is -0.493 e. The number of hydrogen-bond acceptors (Lipinski definition) is 6. The van der Waals surface area contributed by atoms with E-state index in [9.17, 15) is 8.42 Å². The van der Waals surface area contributed by atoms with Gasteiger partial charge in [-0.05, 0) is 31.2 Å². The molecule has 0 saturated heterocycles. The summed E-state index contributed by atoms with van der Waals surface area (Å²) >= 11 is 6.06. The molecule has 8 heteroatoms. The van der Waals surface area contributed by atoms with Crippen molar-refractivity contribution in [1.29, 1.82) is 0 Å². The highest BCUT2D eigenvalue weighted by atomic mass is 35.5. The second-order valence-electron chi connectivity index (χ2n) is 4.63. The van der Waals surface area contributed by atoms with Crippen molar-refractivity contribution in [2.24, 2.45) is 5.16 Å². The molecule has 0 aromatic heterocycles. The van der Waals surface area contributed by atoms with Gasteiger partial charge < -0.3 is 14.1 Å². The summed E-state index contributed by atoms with van der Waals surface area (Å²) < 4.78 is 34.9. The molecule has 0 aliphatic rings. The Bertz CT molecular complexity index is 832. The van der Waals surface area contributed by atoms with E-state index in [0.717, 1.165) is 11.8 Å². The molecule has 0 unspecified atom stereocenters. The lowest BCUT2D eigenvalue weighted by Gasteiger charge is -2.13. The molecule has 2 aromatic carbocycles. The zero-order valence-electron chi connectivity index (χ0n) is 12.4. The van der Waals surface area contributed by atoms with E-state index in [1.54, 1.807) is 12.1 Å². The average molecular weight is 356 g/mol. The van der Waals surface area contributed by atoms with Crippen LogP contribution in [0.4, 0.5) is 0 Å². The standard InChI is InChI=1S/C15H14ClNO5S/c1-10-3-5-12(6-4-10)23(19,20)22-15-13(16)7-11(9-17-18)8-14(15)21-2/h3-9,18H,1-2H3/b17-9+. The molecule has 0 amide bonds. The fourth-order valence-corrected chi connectivity index (χ4v) is 3.09. The predicted octanol–water partition coefficient (Wildman–Crippen LogP) is 3.23. The number of hydrogen-bond donors (Lipinski definition) is 1. The fourth-order valence-electron chi connectivity index (χ4n) is 1.82. The van der Waals surface area contributed by atoms with E-state index in [0.29, 0.717) is 5.56 Å². The van der Waals surface area contributed by atoms with Gasteiger partial charge in [0.15, 0.2) is 5.75 Å². The van der Waals surface area contributed by atoms with Crippen LogP contribution in [0.5, 0.6) is 11.5 Å². The molecular formula is C15H14ClNO5S. The van der Waals surface area contributed by atoms with Crippen LogP contribution in [0.2, 0.25) is 5.02 Å². The zero-order valence-corrected chi connectivity index (χ0v) is 13.9. The normalized spacial score (nSPS) is 11.6. The zero-order chi connectivity index (χ0) is 17.0. The third-order valence-electron chi connectivity index (χ3n) is 2.96. The Morgan fingerprint density at radius 3 is 2.43 bits per heavy atom. The van der Waals surface area contributed by atoms with Crippen LogP contribution in [0, 0.1) is 6.92 Å². The van der Waals surface area contributed by atoms with Gasteiger partial charge in [0.1, 0.15) is 4.90 Å². The van der Waals surface area contributed by atoms with Gasteiger partial charge in [-0.1, -0.05) is 34.5 Å². The highest BCUT2D eigenvalue weighted by Gasteiger charge is 2.22. The quantitative estimate of drug-likeness (QED) is 0.385. The van der Waals surface area contributed by atoms with Crippen molar-refractivity contribution < 1.29 is 22.5 Å². The number of oxime groups is 1. The molecule has 23 heavy (non-hydrogen) atoms. The molecule has 0 heterocycles. The maximum atomic E-state index is 12.3. The summed E-state index contributed by atoms with van der Waals surface area (Å²) in [5, 5.41) is 11.5. The van der Waals surface area contributed by atoms with Crippen molar-refractivity contribution in [3.05, 3.63) is 52.5 Å². The smallest absolute Gasteiger partial charge is 0.339 e. The van der Waals surface area contributed by atoms with E-state index in [1.165, 1.54) is 31.4 Å². The van der Waals surface area contributed by atoms with E-state index in [1.807, 2.05) is 6.92 Å². The largest absolute Gasteiger partial charge is 0.493 e. The molecule has 2 rings (SSSR count). The van der Waals surface area contributed by atoms with Gasteiger partial charge in [-0.25, -0.2) is 0 Å². The topological polar surface area (TPSA) is 85.2 Å². The minimum absolute atomic E-state index is 0.00205. The maximum Gasteiger partial charge on any atom is 0.339 e. The monoisotopic (exact) mass is 355 g/mol. The summed E-state index contributed by atoms with van der Waals surface area (Å²) in [6, 6.07) is 9.04. The van der Waals surface area contributed by atoms with Gasteiger partial charge in [-0.15, -0.1) is 0 Å². The number of rotatable bonds is 5. The lowest BCUT2D eigenvalue weighted by Crippen LogP contribution is -2.11. The molecule has 0 atom stereocenters. The summed E-state index contributed by atoms with van der Waals surface area (Å²) in [5.74, 6) is -0.0343. The third-order valence-corrected chi connectivity index (χ3v) is 4.48. The Hall–Kier alpha value is -2.25. The Kier molecular flexibility index (Phi) is 5.12. The van der Waals surface area contributed by atoms with Crippen molar-refractivity contribution in [3.8, 4) is 11.5 Å². The van der Waals surface area contributed by atoms with Crippen LogP contribution in [-0.2, 0) is 10.1 Å². The lowest BCUT2D eigenvalue weighted by atomic mass is 10.2. The van der Waals surface area contributed by atoms with Crippen LogP contribution in [-0.4, -0.2) is 26.9 Å². The highest BCUT2D eigenvalue weighted by Crippen LogP contribution is 2.37. The molecule has 1 N–H and O–H groups in total. The summed E-state index contributed by atoms with van der Waals surface area (Å²) in [5.41, 5.74) is 1.35. The van der Waals surface area contributed by atoms with Crippen LogP contribution in [0.15, 0.2) is 46.4 Å². The van der Waals surface area contributed by atoms with Gasteiger partial charge in [0.2, 0.25) is 5.75 Å². The summed E-state index contributed by atoms with van der Waals surface area (Å²) in [6.45, 7) is 1.85. The number of methoxy groups -OCH3 is 1. The Morgan fingerprint density at radius 2 is 1.87 bits per heavy atom. The molecule has 0 saturated carbocycles. The fraction of sp³-hybridized carbons (Fsp3) is 0.133. The molecular weight excluding hydrogens is 342 g/mol. The van der Waals surface area contributed by atoms with Gasteiger partial charge in [0.25, 0.3) is 0 Å². The second-order valence-corrected chi connectivity index (χ2v) is 6.58. The van der Waals surface area contributed by atoms with Crippen LogP contribution in [0.1, 0.15) is 11.1 Å². The van der Waals surface area contributed by atoms with Crippen molar-refractivity contribution in [3.63, 3.8) is 0 Å². The van der Waals surface area contributed by atoms with Crippen LogP contribution < -0.4 is 8.92 Å². The van der Waals surface area contributed by atoms with Gasteiger partial charge in [0, 0.05) is 5.56 Å². The molecule has 2 aromatic rings. The van der Waals surface area contributed by atoms with Gasteiger partial charge >= 0.3 is 10.1 Å². The molecule has 0 aliphatic carbocycles. The number of nitrogens with zero attached hydrogens (tertiary/aromatic N) is 1. The molecule has 0 radical (unpaired) electrons. The molecule has 0 aliphatic heterocycles. The van der Waals surface area contributed by atoms with Crippen molar-refractivity contribution in [2.45, 2.75) is 11.8 Å². The van der Waals surface area contributed by atoms with Crippen LogP contribution in [0.25, 0.3) is 0 Å². The first-order chi connectivity index (χ1) is 10.9. The lowest BCUT2D eigenvalue weighted by molar-refractivity contribution is 0.322. The van der Waals surface area contributed by atoms with E-state index in [-0.39, 0.29) is 21.4 Å². The van der Waals surface area contributed by atoms with Crippen molar-refractivity contribution in [1.82, 2.24) is 0 Å². The van der Waals surface area contributed by atoms with Crippen molar-refractivity contribution in [2.75, 3.05) is 7.11 Å². The van der Waals surface area contributed by atoms with Gasteiger partial charge in [-0.2, -0.15) is 8.42 Å². The highest BCUT2D eigenvalue weighted by molar-refractivity contribution is 7.87. The van der Waals surface area contributed by atoms with Crippen molar-refractivity contribution >= 4 is 27.9 Å². The summed E-state index contributed by atoms with van der Waals surface area (Å²) in [7, 11) is -2.71. The first kappa shape index (κ1) is 17.1. The van der Waals surface area contributed by atoms with Crippen LogP contribution in [0.3, 0.4) is 0 Å². The maximum absolute atomic E-state index is 12.3. The van der Waals surface area contributed by atoms with Gasteiger partial charge in [0.05, 0.1) is 18.3 Å². The SMILES string of the molecule is COc1cc(/C=N/O)cc(Cl)c1OS(=O)(=O)c1ccc(C)cc1. The Labute approximate surface area is 139 Å². The number of halogens is 1. The predicted molar refractivity (Wildman–Crippen MR) is 86.4 cm³/mol. The third kappa shape index (κ3) is 3.94. The first-order valence-corrected chi connectivity index (χ1v) is 8.22. The Morgan fingerprint density at radius 1 is 1.22 bits per heavy atom. The second kappa shape index (κ2) is 6.89. The van der Waals surface area contributed by atoms with E-state index in [2.05, 4.69) is 5.16 Å². The van der Waals surface area contributed by atoms with E-state index >= 15 is 0 Å². The molecule has 122 valence electrons. The summed E-state index contributed by atoms with van der Waals surface area (Å²) in [6.07, 6.45) is 1.13.